The fourth-order valence-electron chi connectivity index (χ4n) is 1.85. The van der Waals surface area contributed by atoms with Crippen molar-refractivity contribution in [1.29, 1.82) is 0 Å². The molecule has 1 N–H and O–H groups in total. The van der Waals surface area contributed by atoms with E-state index in [1.165, 1.54) is 0 Å². The van der Waals surface area contributed by atoms with E-state index in [4.69, 9.17) is 4.74 Å². The first-order chi connectivity index (χ1) is 9.22. The first kappa shape index (κ1) is 13.5. The maximum absolute atomic E-state index is 9.69. The van der Waals surface area contributed by atoms with Gasteiger partial charge in [0.2, 0.25) is 0 Å². The van der Waals surface area contributed by atoms with Crippen LogP contribution in [0.1, 0.15) is 24.7 Å². The zero-order valence-electron chi connectivity index (χ0n) is 11.3. The number of benzene rings is 1. The van der Waals surface area contributed by atoms with E-state index in [1.807, 2.05) is 35.8 Å². The number of hydrogen-bond acceptors (Lipinski definition) is 4. The molecule has 0 saturated carbocycles. The third-order valence-corrected chi connectivity index (χ3v) is 3.10. The summed E-state index contributed by atoms with van der Waals surface area (Å²) < 4.78 is 7.09. The van der Waals surface area contributed by atoms with Crippen molar-refractivity contribution in [2.45, 2.75) is 32.4 Å². The van der Waals surface area contributed by atoms with Gasteiger partial charge in [0.15, 0.2) is 0 Å². The molecule has 0 saturated heterocycles. The van der Waals surface area contributed by atoms with Crippen LogP contribution in [0.4, 0.5) is 0 Å². The van der Waals surface area contributed by atoms with Crippen LogP contribution in [-0.2, 0) is 13.0 Å². The highest BCUT2D eigenvalue weighted by Gasteiger charge is 2.10. The lowest BCUT2D eigenvalue weighted by Crippen LogP contribution is -2.14. The van der Waals surface area contributed by atoms with Crippen LogP contribution in [0.2, 0.25) is 0 Å². The average Bonchev–Trinajstić information content (AvgIpc) is 2.86. The highest BCUT2D eigenvalue weighted by Crippen LogP contribution is 2.13. The Balaban J connectivity index is 2.07. The number of hydrogen-bond donors (Lipinski definition) is 1. The average molecular weight is 261 g/mol. The predicted molar refractivity (Wildman–Crippen MR) is 72.1 cm³/mol. The number of methoxy groups -OCH3 is 1. The minimum Gasteiger partial charge on any atom is -0.497 e. The molecule has 1 aromatic carbocycles. The third kappa shape index (κ3) is 3.54. The summed E-state index contributed by atoms with van der Waals surface area (Å²) in [6.45, 7) is 2.65. The number of aliphatic hydroxyl groups is 1. The van der Waals surface area contributed by atoms with Crippen LogP contribution in [0.25, 0.3) is 0 Å². The molecule has 0 amide bonds. The summed E-state index contributed by atoms with van der Waals surface area (Å²) in [6.07, 6.45) is 2.59. The Morgan fingerprint density at radius 3 is 2.68 bits per heavy atom. The quantitative estimate of drug-likeness (QED) is 0.859. The van der Waals surface area contributed by atoms with Crippen molar-refractivity contribution in [2.75, 3.05) is 7.11 Å². The summed E-state index contributed by atoms with van der Waals surface area (Å²) in [7, 11) is 1.65. The molecule has 2 aromatic rings. The Kier molecular flexibility index (Phi) is 4.52. The van der Waals surface area contributed by atoms with Gasteiger partial charge in [-0.25, -0.2) is 0 Å². The van der Waals surface area contributed by atoms with Crippen LogP contribution in [0.15, 0.2) is 30.6 Å². The second-order valence-electron chi connectivity index (χ2n) is 4.49. The van der Waals surface area contributed by atoms with E-state index in [9.17, 15) is 5.11 Å². The summed E-state index contributed by atoms with van der Waals surface area (Å²) in [5.41, 5.74) is 1.15. The molecule has 1 aromatic heterocycles. The molecule has 0 aliphatic heterocycles. The minimum absolute atomic E-state index is 0.362. The lowest BCUT2D eigenvalue weighted by molar-refractivity contribution is 0.167. The highest BCUT2D eigenvalue weighted by molar-refractivity contribution is 5.27. The summed E-state index contributed by atoms with van der Waals surface area (Å²) in [6, 6.07) is 7.89. The summed E-state index contributed by atoms with van der Waals surface area (Å²) in [4.78, 5) is 0. The molecule has 0 spiro atoms. The number of nitrogens with zero attached hydrogens (tertiary/aromatic N) is 3. The van der Waals surface area contributed by atoms with Crippen LogP contribution in [0, 0.1) is 0 Å². The molecule has 0 radical (unpaired) electrons. The van der Waals surface area contributed by atoms with Gasteiger partial charge in [-0.05, 0) is 24.1 Å². The van der Waals surface area contributed by atoms with Gasteiger partial charge in [-0.15, -0.1) is 10.2 Å². The first-order valence-corrected chi connectivity index (χ1v) is 6.40. The topological polar surface area (TPSA) is 60.2 Å². The molecule has 1 heterocycles. The molecule has 0 aliphatic rings. The van der Waals surface area contributed by atoms with Crippen molar-refractivity contribution in [3.8, 4) is 5.75 Å². The molecule has 1 unspecified atom stereocenters. The van der Waals surface area contributed by atoms with Gasteiger partial charge < -0.3 is 14.4 Å². The molecule has 102 valence electrons. The maximum Gasteiger partial charge on any atom is 0.135 e. The van der Waals surface area contributed by atoms with Gasteiger partial charge in [0.05, 0.1) is 19.8 Å². The van der Waals surface area contributed by atoms with E-state index in [0.717, 1.165) is 23.6 Å². The van der Waals surface area contributed by atoms with E-state index in [2.05, 4.69) is 10.2 Å². The largest absolute Gasteiger partial charge is 0.497 e. The van der Waals surface area contributed by atoms with E-state index in [1.54, 1.807) is 13.4 Å². The Morgan fingerprint density at radius 1 is 1.32 bits per heavy atom. The molecular weight excluding hydrogens is 242 g/mol. The van der Waals surface area contributed by atoms with Gasteiger partial charge in [0, 0.05) is 6.42 Å². The van der Waals surface area contributed by atoms with E-state index < -0.39 is 0 Å². The van der Waals surface area contributed by atoms with E-state index >= 15 is 0 Å². The molecule has 0 aliphatic carbocycles. The monoisotopic (exact) mass is 261 g/mol. The molecule has 19 heavy (non-hydrogen) atoms. The lowest BCUT2D eigenvalue weighted by atomic mass is 10.2. The standard InChI is InChI=1S/C14H19N3O2/c1-3-12(18)8-14-16-15-10-17(14)9-11-4-6-13(19-2)7-5-11/h4-7,10,12,18H,3,8-9H2,1-2H3. The summed E-state index contributed by atoms with van der Waals surface area (Å²) in [5.74, 6) is 1.65. The van der Waals surface area contributed by atoms with Gasteiger partial charge in [-0.1, -0.05) is 19.1 Å². The molecule has 0 fully saturated rings. The number of aliphatic hydroxyl groups excluding tert-OH is 1. The van der Waals surface area contributed by atoms with Crippen molar-refractivity contribution in [1.82, 2.24) is 14.8 Å². The van der Waals surface area contributed by atoms with Crippen LogP contribution >= 0.6 is 0 Å². The van der Waals surface area contributed by atoms with Crippen LogP contribution in [0.5, 0.6) is 5.75 Å². The van der Waals surface area contributed by atoms with E-state index in [-0.39, 0.29) is 6.10 Å². The Morgan fingerprint density at radius 2 is 2.05 bits per heavy atom. The van der Waals surface area contributed by atoms with Crippen LogP contribution < -0.4 is 4.74 Å². The first-order valence-electron chi connectivity index (χ1n) is 6.40. The molecule has 2 rings (SSSR count). The fourth-order valence-corrected chi connectivity index (χ4v) is 1.85. The molecule has 5 heteroatoms. The van der Waals surface area contributed by atoms with Crippen molar-refractivity contribution < 1.29 is 9.84 Å². The summed E-state index contributed by atoms with van der Waals surface area (Å²) >= 11 is 0. The maximum atomic E-state index is 9.69. The van der Waals surface area contributed by atoms with Crippen molar-refractivity contribution >= 4 is 0 Å². The smallest absolute Gasteiger partial charge is 0.135 e. The van der Waals surface area contributed by atoms with Crippen molar-refractivity contribution in [3.05, 3.63) is 42.0 Å². The normalized spacial score (nSPS) is 12.4. The van der Waals surface area contributed by atoms with Crippen molar-refractivity contribution in [2.24, 2.45) is 0 Å². The second kappa shape index (κ2) is 6.33. The number of rotatable bonds is 6. The Bertz CT molecular complexity index is 508. The van der Waals surface area contributed by atoms with Crippen molar-refractivity contribution in [3.63, 3.8) is 0 Å². The SMILES string of the molecule is CCC(O)Cc1nncn1Cc1ccc(OC)cc1. The zero-order chi connectivity index (χ0) is 13.7. The molecule has 0 bridgehead atoms. The van der Waals surface area contributed by atoms with Crippen LogP contribution in [-0.4, -0.2) is 33.1 Å². The van der Waals surface area contributed by atoms with Gasteiger partial charge >= 0.3 is 0 Å². The van der Waals surface area contributed by atoms with Gasteiger partial charge in [-0.3, -0.25) is 0 Å². The molecular formula is C14H19N3O2. The molecule has 5 nitrogen and oxygen atoms in total. The van der Waals surface area contributed by atoms with Gasteiger partial charge in [0.25, 0.3) is 0 Å². The van der Waals surface area contributed by atoms with Gasteiger partial charge in [0.1, 0.15) is 17.9 Å². The molecule has 1 atom stereocenters. The number of aromatic nitrogens is 3. The van der Waals surface area contributed by atoms with E-state index in [0.29, 0.717) is 13.0 Å². The predicted octanol–water partition coefficient (Wildman–Crippen LogP) is 1.65. The van der Waals surface area contributed by atoms with Crippen LogP contribution in [0.3, 0.4) is 0 Å². The Labute approximate surface area is 112 Å². The minimum atomic E-state index is -0.362. The fraction of sp³-hybridized carbons (Fsp3) is 0.429. The third-order valence-electron chi connectivity index (χ3n) is 3.10. The lowest BCUT2D eigenvalue weighted by Gasteiger charge is -2.10. The zero-order valence-corrected chi connectivity index (χ0v) is 11.3. The highest BCUT2D eigenvalue weighted by atomic mass is 16.5. The number of ether oxygens (including phenoxy) is 1. The Hall–Kier alpha value is -1.88. The second-order valence-corrected chi connectivity index (χ2v) is 4.49. The van der Waals surface area contributed by atoms with Gasteiger partial charge in [-0.2, -0.15) is 0 Å². The summed E-state index contributed by atoms with van der Waals surface area (Å²) in [5, 5.41) is 17.7.